The fourth-order valence-electron chi connectivity index (χ4n) is 2.43. The lowest BCUT2D eigenvalue weighted by molar-refractivity contribution is 0.979. The van der Waals surface area contributed by atoms with E-state index in [0.717, 1.165) is 27.0 Å². The Morgan fingerprint density at radius 3 is 2.65 bits per heavy atom. The first-order chi connectivity index (χ1) is 9.61. The topological polar surface area (TPSA) is 17.8 Å². The molecule has 20 heavy (non-hydrogen) atoms. The van der Waals surface area contributed by atoms with Crippen LogP contribution in [0.2, 0.25) is 0 Å². The number of rotatable bonds is 2. The summed E-state index contributed by atoms with van der Waals surface area (Å²) in [5.41, 5.74) is 5.57. The molecule has 0 fully saturated rings. The number of aryl methyl sites for hydroxylation is 2. The summed E-state index contributed by atoms with van der Waals surface area (Å²) in [4.78, 5) is 4.68. The highest BCUT2D eigenvalue weighted by Gasteiger charge is 2.13. The number of fused-ring (bicyclic) bond motifs is 1. The maximum atomic E-state index is 6.08. The average molecular weight is 350 g/mol. The van der Waals surface area contributed by atoms with Crippen molar-refractivity contribution in [3.8, 4) is 5.69 Å². The van der Waals surface area contributed by atoms with Gasteiger partial charge in [0.1, 0.15) is 5.82 Å². The van der Waals surface area contributed by atoms with Gasteiger partial charge in [0.25, 0.3) is 0 Å². The van der Waals surface area contributed by atoms with Crippen molar-refractivity contribution in [3.63, 3.8) is 0 Å². The van der Waals surface area contributed by atoms with Crippen LogP contribution in [0.15, 0.2) is 40.9 Å². The quantitative estimate of drug-likeness (QED) is 0.585. The smallest absolute Gasteiger partial charge is 0.129 e. The van der Waals surface area contributed by atoms with E-state index in [1.807, 2.05) is 0 Å². The lowest BCUT2D eigenvalue weighted by Crippen LogP contribution is -1.99. The standard InChI is InChI=1S/C16H14BrClN2/c1-10-4-3-5-14-16(10)19-15(9-18)20(14)12-6-7-13(17)11(2)8-12/h3-8H,9H2,1-2H3. The fraction of sp³-hybridized carbons (Fsp3) is 0.188. The number of nitrogens with zero attached hydrogens (tertiary/aromatic N) is 2. The number of para-hydroxylation sites is 1. The molecule has 4 heteroatoms. The van der Waals surface area contributed by atoms with E-state index in [-0.39, 0.29) is 0 Å². The van der Waals surface area contributed by atoms with Crippen LogP contribution >= 0.6 is 27.5 Å². The average Bonchev–Trinajstić information content (AvgIpc) is 2.82. The van der Waals surface area contributed by atoms with Crippen molar-refractivity contribution in [2.45, 2.75) is 19.7 Å². The van der Waals surface area contributed by atoms with Crippen molar-refractivity contribution in [1.29, 1.82) is 0 Å². The molecule has 0 saturated heterocycles. The molecule has 0 bridgehead atoms. The van der Waals surface area contributed by atoms with Gasteiger partial charge in [-0.15, -0.1) is 11.6 Å². The van der Waals surface area contributed by atoms with Crippen LogP contribution in [0.3, 0.4) is 0 Å². The summed E-state index contributed by atoms with van der Waals surface area (Å²) in [6.07, 6.45) is 0. The van der Waals surface area contributed by atoms with Crippen LogP contribution in [0.5, 0.6) is 0 Å². The lowest BCUT2D eigenvalue weighted by atomic mass is 10.2. The SMILES string of the molecule is Cc1cc(-n2c(CCl)nc3c(C)cccc32)ccc1Br. The van der Waals surface area contributed by atoms with Crippen LogP contribution in [-0.4, -0.2) is 9.55 Å². The number of halogens is 2. The van der Waals surface area contributed by atoms with E-state index in [1.165, 1.54) is 11.1 Å². The van der Waals surface area contributed by atoms with Crippen molar-refractivity contribution in [2.75, 3.05) is 0 Å². The Labute approximate surface area is 131 Å². The van der Waals surface area contributed by atoms with Crippen LogP contribution in [-0.2, 0) is 5.88 Å². The summed E-state index contributed by atoms with van der Waals surface area (Å²) < 4.78 is 3.24. The third-order valence-electron chi connectivity index (χ3n) is 3.48. The van der Waals surface area contributed by atoms with Crippen LogP contribution in [0.25, 0.3) is 16.7 Å². The van der Waals surface area contributed by atoms with Crippen molar-refractivity contribution in [1.82, 2.24) is 9.55 Å². The molecule has 0 N–H and O–H groups in total. The number of hydrogen-bond donors (Lipinski definition) is 0. The molecule has 0 radical (unpaired) electrons. The lowest BCUT2D eigenvalue weighted by Gasteiger charge is -2.09. The maximum absolute atomic E-state index is 6.08. The van der Waals surface area contributed by atoms with Gasteiger partial charge in [0, 0.05) is 10.2 Å². The van der Waals surface area contributed by atoms with Gasteiger partial charge in [-0.3, -0.25) is 4.57 Å². The summed E-state index contributed by atoms with van der Waals surface area (Å²) in [5.74, 6) is 1.26. The van der Waals surface area contributed by atoms with Crippen LogP contribution < -0.4 is 0 Å². The van der Waals surface area contributed by atoms with Gasteiger partial charge in [0.2, 0.25) is 0 Å². The summed E-state index contributed by atoms with van der Waals surface area (Å²) in [6, 6.07) is 12.5. The molecule has 0 aliphatic carbocycles. The highest BCUT2D eigenvalue weighted by atomic mass is 79.9. The molecule has 0 amide bonds. The predicted octanol–water partition coefficient (Wildman–Crippen LogP) is 5.14. The van der Waals surface area contributed by atoms with Gasteiger partial charge in [0.15, 0.2) is 0 Å². The Hall–Kier alpha value is -1.32. The number of alkyl halides is 1. The fourth-order valence-corrected chi connectivity index (χ4v) is 2.86. The largest absolute Gasteiger partial charge is 0.295 e. The predicted molar refractivity (Wildman–Crippen MR) is 87.8 cm³/mol. The zero-order valence-electron chi connectivity index (χ0n) is 11.3. The molecule has 0 aliphatic heterocycles. The molecule has 2 aromatic carbocycles. The van der Waals surface area contributed by atoms with E-state index in [9.17, 15) is 0 Å². The summed E-state index contributed by atoms with van der Waals surface area (Å²) >= 11 is 9.62. The Kier molecular flexibility index (Phi) is 3.57. The summed E-state index contributed by atoms with van der Waals surface area (Å²) in [6.45, 7) is 4.16. The molecule has 0 spiro atoms. The zero-order valence-corrected chi connectivity index (χ0v) is 13.7. The van der Waals surface area contributed by atoms with Gasteiger partial charge in [-0.25, -0.2) is 4.98 Å². The minimum atomic E-state index is 0.392. The van der Waals surface area contributed by atoms with Crippen molar-refractivity contribution >= 4 is 38.6 Å². The number of hydrogen-bond acceptors (Lipinski definition) is 1. The molecule has 1 heterocycles. The zero-order chi connectivity index (χ0) is 14.3. The van der Waals surface area contributed by atoms with E-state index in [2.05, 4.69) is 75.7 Å². The first-order valence-corrected chi connectivity index (χ1v) is 7.74. The monoisotopic (exact) mass is 348 g/mol. The highest BCUT2D eigenvalue weighted by molar-refractivity contribution is 9.10. The molecule has 102 valence electrons. The van der Waals surface area contributed by atoms with Crippen molar-refractivity contribution in [3.05, 3.63) is 57.8 Å². The van der Waals surface area contributed by atoms with Gasteiger partial charge in [-0.05, 0) is 49.2 Å². The minimum Gasteiger partial charge on any atom is -0.295 e. The molecule has 0 atom stereocenters. The first-order valence-electron chi connectivity index (χ1n) is 6.41. The van der Waals surface area contributed by atoms with Gasteiger partial charge in [-0.1, -0.05) is 28.1 Å². The van der Waals surface area contributed by atoms with E-state index < -0.39 is 0 Å². The Morgan fingerprint density at radius 1 is 1.15 bits per heavy atom. The van der Waals surface area contributed by atoms with E-state index in [0.29, 0.717) is 5.88 Å². The maximum Gasteiger partial charge on any atom is 0.129 e. The van der Waals surface area contributed by atoms with Gasteiger partial charge in [-0.2, -0.15) is 0 Å². The Bertz CT molecular complexity index is 793. The molecule has 0 aliphatic rings. The molecule has 0 saturated carbocycles. The minimum absolute atomic E-state index is 0.392. The van der Waals surface area contributed by atoms with Gasteiger partial charge >= 0.3 is 0 Å². The highest BCUT2D eigenvalue weighted by Crippen LogP contribution is 2.27. The van der Waals surface area contributed by atoms with Gasteiger partial charge in [0.05, 0.1) is 16.9 Å². The van der Waals surface area contributed by atoms with Crippen molar-refractivity contribution in [2.24, 2.45) is 0 Å². The van der Waals surface area contributed by atoms with Gasteiger partial charge < -0.3 is 0 Å². The number of benzene rings is 2. The molecule has 3 aromatic rings. The van der Waals surface area contributed by atoms with Crippen LogP contribution in [0.4, 0.5) is 0 Å². The Morgan fingerprint density at radius 2 is 1.95 bits per heavy atom. The number of imidazole rings is 1. The molecular formula is C16H14BrClN2. The number of aromatic nitrogens is 2. The van der Waals surface area contributed by atoms with E-state index in [4.69, 9.17) is 11.6 Å². The molecule has 1 aromatic heterocycles. The normalized spacial score (nSPS) is 11.2. The second kappa shape index (κ2) is 5.23. The third kappa shape index (κ3) is 2.15. The summed E-state index contributed by atoms with van der Waals surface area (Å²) in [7, 11) is 0. The van der Waals surface area contributed by atoms with Crippen molar-refractivity contribution < 1.29 is 0 Å². The van der Waals surface area contributed by atoms with E-state index in [1.54, 1.807) is 0 Å². The third-order valence-corrected chi connectivity index (χ3v) is 4.60. The first kappa shape index (κ1) is 13.7. The Balaban J connectivity index is 2.34. The molecule has 2 nitrogen and oxygen atoms in total. The molecule has 3 rings (SSSR count). The van der Waals surface area contributed by atoms with E-state index >= 15 is 0 Å². The second-order valence-corrected chi connectivity index (χ2v) is 5.99. The molecular weight excluding hydrogens is 336 g/mol. The summed E-state index contributed by atoms with van der Waals surface area (Å²) in [5, 5.41) is 0. The second-order valence-electron chi connectivity index (χ2n) is 4.87. The van der Waals surface area contributed by atoms with Crippen LogP contribution in [0.1, 0.15) is 17.0 Å². The van der Waals surface area contributed by atoms with Crippen LogP contribution in [0, 0.1) is 13.8 Å². The molecule has 0 unspecified atom stereocenters.